The van der Waals surface area contributed by atoms with Gasteiger partial charge in [0.25, 0.3) is 10.0 Å². The van der Waals surface area contributed by atoms with Crippen molar-refractivity contribution in [1.82, 2.24) is 23.8 Å². The molecule has 3 aromatic heterocycles. The Balaban J connectivity index is 1.57. The molecular formula is C24H22F2N6O4S. The van der Waals surface area contributed by atoms with Crippen LogP contribution in [0.1, 0.15) is 18.4 Å². The van der Waals surface area contributed by atoms with Crippen molar-refractivity contribution in [2.45, 2.75) is 30.7 Å². The van der Waals surface area contributed by atoms with Crippen LogP contribution in [0.4, 0.5) is 19.4 Å². The van der Waals surface area contributed by atoms with Crippen molar-refractivity contribution in [2.75, 3.05) is 18.4 Å². The number of pyridine rings is 1. The number of piperidine rings is 1. The topological polar surface area (TPSA) is 130 Å². The number of carbonyl (C=O) groups is 1. The first-order valence-corrected chi connectivity index (χ1v) is 12.8. The van der Waals surface area contributed by atoms with Crippen molar-refractivity contribution < 1.29 is 27.1 Å². The number of amides is 1. The Hall–Kier alpha value is -4.13. The number of halogens is 2. The van der Waals surface area contributed by atoms with Gasteiger partial charge in [-0.25, -0.2) is 40.9 Å². The fourth-order valence-corrected chi connectivity index (χ4v) is 5.62. The van der Waals surface area contributed by atoms with Crippen LogP contribution in [0.15, 0.2) is 53.8 Å². The minimum Gasteiger partial charge on any atom is -0.465 e. The monoisotopic (exact) mass is 528 g/mol. The van der Waals surface area contributed by atoms with Crippen LogP contribution in [0.25, 0.3) is 22.4 Å². The lowest BCUT2D eigenvalue weighted by molar-refractivity contribution is 0.132. The van der Waals surface area contributed by atoms with Gasteiger partial charge in [-0.3, -0.25) is 0 Å². The fourth-order valence-electron chi connectivity index (χ4n) is 4.30. The molecular weight excluding hydrogens is 506 g/mol. The van der Waals surface area contributed by atoms with Crippen molar-refractivity contribution in [3.8, 4) is 11.4 Å². The lowest BCUT2D eigenvalue weighted by Gasteiger charge is -2.31. The van der Waals surface area contributed by atoms with Gasteiger partial charge < -0.3 is 15.3 Å². The third kappa shape index (κ3) is 4.69. The van der Waals surface area contributed by atoms with E-state index in [0.29, 0.717) is 19.4 Å². The Morgan fingerprint density at radius 3 is 2.65 bits per heavy atom. The molecule has 0 bridgehead atoms. The molecule has 192 valence electrons. The zero-order chi connectivity index (χ0) is 26.3. The van der Waals surface area contributed by atoms with E-state index < -0.39 is 27.8 Å². The highest BCUT2D eigenvalue weighted by atomic mass is 32.2. The highest BCUT2D eigenvalue weighted by Crippen LogP contribution is 2.32. The number of hydrogen-bond acceptors (Lipinski definition) is 7. The molecule has 5 rings (SSSR count). The van der Waals surface area contributed by atoms with Crippen molar-refractivity contribution in [1.29, 1.82) is 0 Å². The van der Waals surface area contributed by atoms with Gasteiger partial charge in [-0.05, 0) is 38.0 Å². The lowest BCUT2D eigenvalue weighted by atomic mass is 10.1. The number of hydrogen-bond donors (Lipinski definition) is 2. The predicted molar refractivity (Wildman–Crippen MR) is 131 cm³/mol. The minimum absolute atomic E-state index is 0.00957. The van der Waals surface area contributed by atoms with Crippen molar-refractivity contribution in [2.24, 2.45) is 0 Å². The summed E-state index contributed by atoms with van der Waals surface area (Å²) in [6.45, 7) is 2.36. The quantitative estimate of drug-likeness (QED) is 0.399. The Morgan fingerprint density at radius 1 is 1.16 bits per heavy atom. The number of nitrogens with one attached hydrogen (secondary N) is 1. The number of anilines is 1. The summed E-state index contributed by atoms with van der Waals surface area (Å²) in [7, 11) is -4.11. The highest BCUT2D eigenvalue weighted by molar-refractivity contribution is 7.90. The Bertz CT molecular complexity index is 1610. The van der Waals surface area contributed by atoms with Crippen molar-refractivity contribution in [3.05, 3.63) is 66.1 Å². The molecule has 4 aromatic rings. The minimum atomic E-state index is -4.11. The summed E-state index contributed by atoms with van der Waals surface area (Å²) in [6, 6.07) is 6.96. The van der Waals surface area contributed by atoms with Gasteiger partial charge in [-0.15, -0.1) is 0 Å². The molecule has 4 heterocycles. The third-order valence-corrected chi connectivity index (χ3v) is 7.84. The zero-order valence-corrected chi connectivity index (χ0v) is 20.4. The lowest BCUT2D eigenvalue weighted by Crippen LogP contribution is -2.44. The van der Waals surface area contributed by atoms with Gasteiger partial charge >= 0.3 is 6.09 Å². The van der Waals surface area contributed by atoms with Crippen LogP contribution in [0.5, 0.6) is 0 Å². The van der Waals surface area contributed by atoms with Crippen LogP contribution in [0.2, 0.25) is 0 Å². The summed E-state index contributed by atoms with van der Waals surface area (Å²) in [5, 5.41) is 12.3. The van der Waals surface area contributed by atoms with E-state index >= 15 is 0 Å². The molecule has 0 radical (unpaired) electrons. The second-order valence-corrected chi connectivity index (χ2v) is 10.6. The van der Waals surface area contributed by atoms with E-state index in [4.69, 9.17) is 0 Å². The molecule has 0 saturated carbocycles. The van der Waals surface area contributed by atoms with Crippen molar-refractivity contribution in [3.63, 3.8) is 0 Å². The van der Waals surface area contributed by atoms with Gasteiger partial charge in [0.1, 0.15) is 5.82 Å². The summed E-state index contributed by atoms with van der Waals surface area (Å²) in [4.78, 5) is 24.8. The standard InChI is InChI=1S/C24H22F2N6O4S/c1-14-4-6-17(7-5-14)37(35,36)32-13-19(18-9-15(25)10-28-23(18)32)21-27-11-20(26)22(30-21)29-16-3-2-8-31(12-16)24(33)34/h4-7,9-11,13,16H,2-3,8,12H2,1H3,(H,33,34)(H,27,29,30)/t16-/m0/s1. The van der Waals surface area contributed by atoms with Gasteiger partial charge in [0.15, 0.2) is 23.1 Å². The van der Waals surface area contributed by atoms with Crippen molar-refractivity contribution >= 4 is 33.0 Å². The maximum Gasteiger partial charge on any atom is 0.407 e. The van der Waals surface area contributed by atoms with E-state index in [0.717, 1.165) is 28.0 Å². The number of benzene rings is 1. The van der Waals surface area contributed by atoms with Crippen LogP contribution in [-0.2, 0) is 10.0 Å². The SMILES string of the molecule is Cc1ccc(S(=O)(=O)n2cc(-c3ncc(F)c(N[C@H]4CCCN(C(=O)O)C4)n3)c3cc(F)cnc32)cc1. The molecule has 10 nitrogen and oxygen atoms in total. The van der Waals surface area contributed by atoms with E-state index in [9.17, 15) is 27.1 Å². The molecule has 0 unspecified atom stereocenters. The van der Waals surface area contributed by atoms with Crippen LogP contribution in [0, 0.1) is 18.6 Å². The average Bonchev–Trinajstić information content (AvgIpc) is 3.25. The number of nitrogens with zero attached hydrogens (tertiary/aromatic N) is 5. The number of rotatable bonds is 5. The summed E-state index contributed by atoms with van der Waals surface area (Å²) in [5.41, 5.74) is 0.974. The molecule has 1 saturated heterocycles. The molecule has 37 heavy (non-hydrogen) atoms. The highest BCUT2D eigenvalue weighted by Gasteiger charge is 2.27. The van der Waals surface area contributed by atoms with Gasteiger partial charge in [0.05, 0.1) is 17.3 Å². The normalized spacial score (nSPS) is 16.2. The van der Waals surface area contributed by atoms with Crippen LogP contribution in [-0.4, -0.2) is 62.6 Å². The van der Waals surface area contributed by atoms with Crippen LogP contribution in [0.3, 0.4) is 0 Å². The predicted octanol–water partition coefficient (Wildman–Crippen LogP) is 3.87. The number of fused-ring (bicyclic) bond motifs is 1. The molecule has 0 aliphatic carbocycles. The van der Waals surface area contributed by atoms with Gasteiger partial charge in [0.2, 0.25) is 0 Å². The first kappa shape index (κ1) is 24.6. The van der Waals surface area contributed by atoms with E-state index in [1.165, 1.54) is 23.2 Å². The van der Waals surface area contributed by atoms with Crippen LogP contribution >= 0.6 is 0 Å². The fraction of sp³-hybridized carbons (Fsp3) is 0.250. The molecule has 1 amide bonds. The maximum absolute atomic E-state index is 14.6. The Labute approximate surface area is 210 Å². The molecule has 13 heteroatoms. The van der Waals surface area contributed by atoms with E-state index in [1.54, 1.807) is 12.1 Å². The second kappa shape index (κ2) is 9.39. The molecule has 2 N–H and O–H groups in total. The Kier molecular flexibility index (Phi) is 6.23. The third-order valence-electron chi connectivity index (χ3n) is 6.17. The maximum atomic E-state index is 14.6. The van der Waals surface area contributed by atoms with Gasteiger partial charge in [-0.2, -0.15) is 0 Å². The average molecular weight is 529 g/mol. The molecule has 1 aliphatic rings. The molecule has 1 fully saturated rings. The van der Waals surface area contributed by atoms with E-state index in [-0.39, 0.29) is 45.7 Å². The molecule has 1 aromatic carbocycles. The Morgan fingerprint density at radius 2 is 1.92 bits per heavy atom. The number of carboxylic acid groups (broad SMARTS) is 1. The molecule has 1 aliphatic heterocycles. The number of likely N-dealkylation sites (tertiary alicyclic amines) is 1. The zero-order valence-electron chi connectivity index (χ0n) is 19.6. The summed E-state index contributed by atoms with van der Waals surface area (Å²) in [5.74, 6) is -1.69. The van der Waals surface area contributed by atoms with E-state index in [1.807, 2.05) is 6.92 Å². The summed E-state index contributed by atoms with van der Waals surface area (Å²) >= 11 is 0. The number of aromatic nitrogens is 4. The first-order valence-electron chi connectivity index (χ1n) is 11.4. The largest absolute Gasteiger partial charge is 0.465 e. The second-order valence-electron chi connectivity index (χ2n) is 8.78. The molecule has 1 atom stereocenters. The number of aryl methyl sites for hydroxylation is 1. The molecule has 0 spiro atoms. The van der Waals surface area contributed by atoms with Gasteiger partial charge in [-0.1, -0.05) is 17.7 Å². The first-order chi connectivity index (χ1) is 17.6. The summed E-state index contributed by atoms with van der Waals surface area (Å²) in [6.07, 6.45) is 3.20. The smallest absolute Gasteiger partial charge is 0.407 e. The van der Waals surface area contributed by atoms with Gasteiger partial charge in [0, 0.05) is 36.3 Å². The summed E-state index contributed by atoms with van der Waals surface area (Å²) < 4.78 is 56.6. The van der Waals surface area contributed by atoms with E-state index in [2.05, 4.69) is 20.3 Å². The van der Waals surface area contributed by atoms with Crippen LogP contribution < -0.4 is 5.32 Å².